The fourth-order valence-corrected chi connectivity index (χ4v) is 2.05. The van der Waals surface area contributed by atoms with Gasteiger partial charge in [-0.25, -0.2) is 4.79 Å². The van der Waals surface area contributed by atoms with Gasteiger partial charge in [-0.05, 0) is 36.9 Å². The van der Waals surface area contributed by atoms with Crippen molar-refractivity contribution in [3.05, 3.63) is 29.8 Å². The number of methoxy groups -OCH3 is 1. The van der Waals surface area contributed by atoms with Crippen molar-refractivity contribution in [2.45, 2.75) is 20.8 Å². The summed E-state index contributed by atoms with van der Waals surface area (Å²) in [5.41, 5.74) is 0.739. The maximum Gasteiger partial charge on any atom is 0.330 e. The highest BCUT2D eigenvalue weighted by Gasteiger charge is 2.07. The Kier molecular flexibility index (Phi) is 8.57. The molecule has 1 aromatic rings. The van der Waals surface area contributed by atoms with Crippen LogP contribution in [0.5, 0.6) is 11.5 Å². The van der Waals surface area contributed by atoms with Gasteiger partial charge in [0.2, 0.25) is 0 Å². The van der Waals surface area contributed by atoms with Crippen molar-refractivity contribution < 1.29 is 23.8 Å². The lowest BCUT2D eigenvalue weighted by Gasteiger charge is -2.17. The molecule has 0 saturated carbocycles. The summed E-state index contributed by atoms with van der Waals surface area (Å²) in [5, 5.41) is 0. The Morgan fingerprint density at radius 2 is 1.88 bits per heavy atom. The first-order valence-electron chi connectivity index (χ1n) is 7.93. The van der Waals surface area contributed by atoms with Crippen LogP contribution in [-0.2, 0) is 14.3 Å². The summed E-state index contributed by atoms with van der Waals surface area (Å²) in [6, 6.07) is 5.02. The van der Waals surface area contributed by atoms with Gasteiger partial charge < -0.3 is 19.1 Å². The molecule has 1 rings (SSSR count). The van der Waals surface area contributed by atoms with Gasteiger partial charge in [-0.2, -0.15) is 0 Å². The fraction of sp³-hybridized carbons (Fsp3) is 0.444. The summed E-state index contributed by atoms with van der Waals surface area (Å²) in [6.07, 6.45) is 2.99. The average molecular weight is 335 g/mol. The summed E-state index contributed by atoms with van der Waals surface area (Å²) < 4.78 is 15.4. The second kappa shape index (κ2) is 10.4. The summed E-state index contributed by atoms with van der Waals surface area (Å²) in [4.78, 5) is 24.9. The molecule has 6 heteroatoms. The van der Waals surface area contributed by atoms with E-state index in [1.54, 1.807) is 24.3 Å². The number of hydrogen-bond acceptors (Lipinski definition) is 6. The van der Waals surface area contributed by atoms with Crippen molar-refractivity contribution >= 4 is 18.0 Å². The molecule has 24 heavy (non-hydrogen) atoms. The van der Waals surface area contributed by atoms with Gasteiger partial charge in [-0.15, -0.1) is 0 Å². The van der Waals surface area contributed by atoms with E-state index in [0.29, 0.717) is 18.1 Å². The third-order valence-corrected chi connectivity index (χ3v) is 3.40. The van der Waals surface area contributed by atoms with Gasteiger partial charge in [0.15, 0.2) is 11.5 Å². The van der Waals surface area contributed by atoms with E-state index in [1.165, 1.54) is 20.1 Å². The van der Waals surface area contributed by atoms with Crippen molar-refractivity contribution in [1.29, 1.82) is 0 Å². The molecule has 0 fully saturated rings. The van der Waals surface area contributed by atoms with Gasteiger partial charge in [0, 0.05) is 19.5 Å². The molecule has 0 N–H and O–H groups in total. The van der Waals surface area contributed by atoms with E-state index >= 15 is 0 Å². The van der Waals surface area contributed by atoms with Gasteiger partial charge in [0.1, 0.15) is 6.61 Å². The molecule has 0 spiro atoms. The van der Waals surface area contributed by atoms with Gasteiger partial charge in [0.25, 0.3) is 0 Å². The number of carbonyl (C=O) groups excluding carboxylic acids is 2. The Labute approximate surface area is 143 Å². The summed E-state index contributed by atoms with van der Waals surface area (Å²) >= 11 is 0. The monoisotopic (exact) mass is 335 g/mol. The number of esters is 2. The van der Waals surface area contributed by atoms with E-state index in [9.17, 15) is 9.59 Å². The summed E-state index contributed by atoms with van der Waals surface area (Å²) in [5.74, 6) is -0.0650. The lowest BCUT2D eigenvalue weighted by molar-refractivity contribution is -0.138. The SMILES string of the molecule is CCN(CC)CCOC(=O)/C=C/c1ccc(OC(C)=O)c(OC)c1. The molecule has 6 nitrogen and oxygen atoms in total. The van der Waals surface area contributed by atoms with Crippen LogP contribution in [0, 0.1) is 0 Å². The fourth-order valence-electron chi connectivity index (χ4n) is 2.05. The van der Waals surface area contributed by atoms with Crippen LogP contribution in [0.4, 0.5) is 0 Å². The zero-order chi connectivity index (χ0) is 17.9. The molecule has 0 unspecified atom stereocenters. The Bertz CT molecular complexity index is 579. The molecule has 0 atom stereocenters. The first-order valence-corrected chi connectivity index (χ1v) is 7.93. The number of hydrogen-bond donors (Lipinski definition) is 0. The number of benzene rings is 1. The van der Waals surface area contributed by atoms with E-state index in [0.717, 1.165) is 25.2 Å². The maximum atomic E-state index is 11.7. The molecule has 0 aliphatic carbocycles. The molecule has 0 saturated heterocycles. The summed E-state index contributed by atoms with van der Waals surface area (Å²) in [6.45, 7) is 8.39. The number of likely N-dealkylation sites (N-methyl/N-ethyl adjacent to an activating group) is 1. The molecule has 0 amide bonds. The Morgan fingerprint density at radius 1 is 1.17 bits per heavy atom. The van der Waals surface area contributed by atoms with Crippen LogP contribution in [0.3, 0.4) is 0 Å². The van der Waals surface area contributed by atoms with E-state index in [-0.39, 0.29) is 0 Å². The number of carbonyl (C=O) groups is 2. The smallest absolute Gasteiger partial charge is 0.330 e. The topological polar surface area (TPSA) is 65.1 Å². The van der Waals surface area contributed by atoms with Gasteiger partial charge in [0.05, 0.1) is 7.11 Å². The molecule has 0 radical (unpaired) electrons. The van der Waals surface area contributed by atoms with E-state index in [4.69, 9.17) is 14.2 Å². The van der Waals surface area contributed by atoms with Crippen molar-refractivity contribution in [3.8, 4) is 11.5 Å². The van der Waals surface area contributed by atoms with E-state index in [2.05, 4.69) is 18.7 Å². The van der Waals surface area contributed by atoms with Crippen molar-refractivity contribution in [1.82, 2.24) is 4.90 Å². The Morgan fingerprint density at radius 3 is 2.46 bits per heavy atom. The molecular weight excluding hydrogens is 310 g/mol. The van der Waals surface area contributed by atoms with Crippen LogP contribution < -0.4 is 9.47 Å². The van der Waals surface area contributed by atoms with Crippen LogP contribution >= 0.6 is 0 Å². The first kappa shape index (κ1) is 19.7. The minimum Gasteiger partial charge on any atom is -0.493 e. The zero-order valence-electron chi connectivity index (χ0n) is 14.7. The van der Waals surface area contributed by atoms with Gasteiger partial charge >= 0.3 is 11.9 Å². The molecule has 1 aromatic carbocycles. The second-order valence-electron chi connectivity index (χ2n) is 5.03. The number of ether oxygens (including phenoxy) is 3. The second-order valence-corrected chi connectivity index (χ2v) is 5.03. The minimum atomic E-state index is -0.423. The van der Waals surface area contributed by atoms with Crippen LogP contribution in [0.15, 0.2) is 24.3 Å². The zero-order valence-corrected chi connectivity index (χ0v) is 14.7. The number of rotatable bonds is 9. The lowest BCUT2D eigenvalue weighted by Crippen LogP contribution is -2.27. The van der Waals surface area contributed by atoms with Crippen molar-refractivity contribution in [2.24, 2.45) is 0 Å². The third kappa shape index (κ3) is 6.83. The lowest BCUT2D eigenvalue weighted by atomic mass is 10.2. The van der Waals surface area contributed by atoms with E-state index in [1.807, 2.05) is 0 Å². The average Bonchev–Trinajstić information content (AvgIpc) is 2.57. The third-order valence-electron chi connectivity index (χ3n) is 3.40. The molecule has 132 valence electrons. The molecular formula is C18H25NO5. The highest BCUT2D eigenvalue weighted by Crippen LogP contribution is 2.28. The van der Waals surface area contributed by atoms with Crippen LogP contribution in [-0.4, -0.2) is 50.2 Å². The standard InChI is InChI=1S/C18H25NO5/c1-5-19(6-2)11-12-23-18(21)10-8-15-7-9-16(24-14(3)20)17(13-15)22-4/h7-10,13H,5-6,11-12H2,1-4H3/b10-8+. The Hall–Kier alpha value is -2.34. The maximum absolute atomic E-state index is 11.7. The quantitative estimate of drug-likeness (QED) is 0.392. The molecule has 0 aliphatic rings. The number of nitrogens with zero attached hydrogens (tertiary/aromatic N) is 1. The largest absolute Gasteiger partial charge is 0.493 e. The van der Waals surface area contributed by atoms with Crippen LogP contribution in [0.25, 0.3) is 6.08 Å². The van der Waals surface area contributed by atoms with Crippen molar-refractivity contribution in [2.75, 3.05) is 33.4 Å². The predicted molar refractivity (Wildman–Crippen MR) is 92.1 cm³/mol. The first-order chi connectivity index (χ1) is 11.5. The highest BCUT2D eigenvalue weighted by atomic mass is 16.6. The van der Waals surface area contributed by atoms with Crippen LogP contribution in [0.1, 0.15) is 26.3 Å². The Balaban J connectivity index is 2.60. The van der Waals surface area contributed by atoms with Crippen LogP contribution in [0.2, 0.25) is 0 Å². The molecule has 0 heterocycles. The minimum absolute atomic E-state index is 0.337. The summed E-state index contributed by atoms with van der Waals surface area (Å²) in [7, 11) is 1.48. The molecule has 0 bridgehead atoms. The normalized spacial score (nSPS) is 10.9. The van der Waals surface area contributed by atoms with E-state index < -0.39 is 11.9 Å². The molecule has 0 aromatic heterocycles. The highest BCUT2D eigenvalue weighted by molar-refractivity contribution is 5.87. The van der Waals surface area contributed by atoms with Crippen molar-refractivity contribution in [3.63, 3.8) is 0 Å². The molecule has 0 aliphatic heterocycles. The van der Waals surface area contributed by atoms with Gasteiger partial charge in [-0.1, -0.05) is 19.9 Å². The van der Waals surface area contributed by atoms with Gasteiger partial charge in [-0.3, -0.25) is 4.79 Å². The predicted octanol–water partition coefficient (Wildman–Crippen LogP) is 2.52.